The lowest BCUT2D eigenvalue weighted by Gasteiger charge is -2.12. The van der Waals surface area contributed by atoms with Crippen molar-refractivity contribution in [1.29, 1.82) is 0 Å². The molecule has 0 unspecified atom stereocenters. The average molecular weight is 1920 g/mol. The van der Waals surface area contributed by atoms with Gasteiger partial charge in [-0.25, -0.2) is 15.0 Å². The Kier molecular flexibility index (Phi) is 21.5. The van der Waals surface area contributed by atoms with Crippen LogP contribution in [0.1, 0.15) is 0 Å². The minimum atomic E-state index is 0.580. The van der Waals surface area contributed by atoms with Gasteiger partial charge in [0.2, 0.25) is 17.8 Å². The molecule has 0 bridgehead atoms. The van der Waals surface area contributed by atoms with Gasteiger partial charge in [0, 0.05) is 115 Å². The SMILES string of the molecule is c1ccc(-c2ccc(-c3nc(-c4ccccc4)nc(-n4c5ccccc5c5ccc6c(c7ccccc7n6-c6ccccc6)c54)n3)cc2)cc1.c1ccc(-c2ccc(-n3c4ccccc4c4cc5c(cc43)c3ccccc3n5-c3nc(-c4ccccc4)nc(-c4ccccc4)n3)cc2)cc1.c1ccc(-c2cccc(-n3c4ccccc4c4cc5c(cc43)c3ccccc3n5-c3nc(-c4ccccc4)nc(-c4ccccc4)n3)c2)cc1. The molecule has 9 aromatic heterocycles. The van der Waals surface area contributed by atoms with E-state index in [1.807, 2.05) is 146 Å². The van der Waals surface area contributed by atoms with Crippen LogP contribution in [-0.2, 0) is 0 Å². The molecular weight excluding hydrogens is 1830 g/mol. The highest BCUT2D eigenvalue weighted by molar-refractivity contribution is 6.27. The molecular formula is C135H87N15. The van der Waals surface area contributed by atoms with Crippen LogP contribution < -0.4 is 0 Å². The number of rotatable bonds is 15. The molecule has 30 rings (SSSR count). The first-order valence-corrected chi connectivity index (χ1v) is 50.4. The zero-order valence-corrected chi connectivity index (χ0v) is 80.9. The van der Waals surface area contributed by atoms with Crippen molar-refractivity contribution in [1.82, 2.24) is 72.3 Å². The first-order chi connectivity index (χ1) is 74.4. The van der Waals surface area contributed by atoms with Crippen molar-refractivity contribution >= 4 is 131 Å². The highest BCUT2D eigenvalue weighted by Crippen LogP contribution is 2.47. The lowest BCUT2D eigenvalue weighted by molar-refractivity contribution is 0.953. The fraction of sp³-hybridized carbons (Fsp3) is 0. The smallest absolute Gasteiger partial charge is 0.238 e. The quantitative estimate of drug-likeness (QED) is 0.0979. The molecule has 0 N–H and O–H groups in total. The third kappa shape index (κ3) is 15.3. The second kappa shape index (κ2) is 37.0. The lowest BCUT2D eigenvalue weighted by Crippen LogP contribution is -2.06. The zero-order chi connectivity index (χ0) is 99.1. The van der Waals surface area contributed by atoms with E-state index in [1.165, 1.54) is 54.7 Å². The monoisotopic (exact) mass is 1920 g/mol. The maximum Gasteiger partial charge on any atom is 0.238 e. The molecule has 0 atom stereocenters. The minimum absolute atomic E-state index is 0.580. The Morgan fingerprint density at radius 1 is 0.113 bits per heavy atom. The van der Waals surface area contributed by atoms with Crippen LogP contribution in [0.4, 0.5) is 0 Å². The van der Waals surface area contributed by atoms with Gasteiger partial charge in [-0.2, -0.15) is 29.9 Å². The van der Waals surface area contributed by atoms with E-state index in [0.29, 0.717) is 52.8 Å². The first kappa shape index (κ1) is 87.3. The second-order valence-electron chi connectivity index (χ2n) is 37.5. The van der Waals surface area contributed by atoms with Gasteiger partial charge in [0.15, 0.2) is 34.9 Å². The van der Waals surface area contributed by atoms with Crippen LogP contribution in [0.15, 0.2) is 528 Å². The highest BCUT2D eigenvalue weighted by atomic mass is 15.2. The number of aromatic nitrogens is 15. The second-order valence-corrected chi connectivity index (χ2v) is 37.5. The molecule has 0 saturated heterocycles. The molecule has 0 amide bonds. The van der Waals surface area contributed by atoms with E-state index in [-0.39, 0.29) is 0 Å². The van der Waals surface area contributed by atoms with E-state index in [0.717, 1.165) is 160 Å². The summed E-state index contributed by atoms with van der Waals surface area (Å²) in [5, 5.41) is 13.9. The summed E-state index contributed by atoms with van der Waals surface area (Å²) < 4.78 is 13.8. The zero-order valence-electron chi connectivity index (χ0n) is 80.9. The largest absolute Gasteiger partial charge is 0.309 e. The van der Waals surface area contributed by atoms with Crippen molar-refractivity contribution in [3.63, 3.8) is 0 Å². The molecule has 0 fully saturated rings. The molecule has 9 heterocycles. The molecule has 15 heteroatoms. The van der Waals surface area contributed by atoms with Crippen LogP contribution >= 0.6 is 0 Å². The number of hydrogen-bond donors (Lipinski definition) is 0. The summed E-state index contributed by atoms with van der Waals surface area (Å²) in [5.41, 5.74) is 29.3. The Balaban J connectivity index is 0.000000108. The predicted octanol–water partition coefficient (Wildman–Crippen LogP) is 33.2. The van der Waals surface area contributed by atoms with Crippen molar-refractivity contribution < 1.29 is 0 Å². The van der Waals surface area contributed by atoms with Crippen molar-refractivity contribution in [3.05, 3.63) is 528 Å². The number of benzene rings is 21. The summed E-state index contributed by atoms with van der Waals surface area (Å²) in [7, 11) is 0. The molecule has 0 saturated carbocycles. The third-order valence-corrected chi connectivity index (χ3v) is 28.7. The van der Waals surface area contributed by atoms with Gasteiger partial charge in [0.1, 0.15) is 0 Å². The van der Waals surface area contributed by atoms with Crippen LogP contribution in [0.3, 0.4) is 0 Å². The summed E-state index contributed by atoms with van der Waals surface area (Å²) in [6.45, 7) is 0. The molecule has 0 radical (unpaired) electrons. The van der Waals surface area contributed by atoms with E-state index >= 15 is 0 Å². The number of fused-ring (bicyclic) bond motifs is 19. The Morgan fingerprint density at radius 2 is 0.340 bits per heavy atom. The van der Waals surface area contributed by atoms with E-state index in [9.17, 15) is 0 Å². The molecule has 30 aromatic rings. The Bertz CT molecular complexity index is 10300. The van der Waals surface area contributed by atoms with E-state index < -0.39 is 0 Å². The van der Waals surface area contributed by atoms with E-state index in [1.54, 1.807) is 0 Å². The van der Waals surface area contributed by atoms with Crippen molar-refractivity contribution in [2.75, 3.05) is 0 Å². The van der Waals surface area contributed by atoms with Gasteiger partial charge in [-0.15, -0.1) is 0 Å². The highest BCUT2D eigenvalue weighted by Gasteiger charge is 2.29. The molecule has 0 aliphatic carbocycles. The Morgan fingerprint density at radius 3 is 0.707 bits per heavy atom. The summed E-state index contributed by atoms with van der Waals surface area (Å²) in [5.74, 6) is 5.55. The topological polar surface area (TPSA) is 146 Å². The van der Waals surface area contributed by atoms with Gasteiger partial charge in [-0.05, 0) is 137 Å². The molecule has 0 aliphatic heterocycles. The average Bonchev–Trinajstić information content (AvgIpc) is 1.53. The fourth-order valence-corrected chi connectivity index (χ4v) is 21.9. The predicted molar refractivity (Wildman–Crippen MR) is 614 cm³/mol. The van der Waals surface area contributed by atoms with Crippen molar-refractivity contribution in [3.8, 4) is 137 Å². The number of para-hydroxylation sites is 7. The molecule has 702 valence electrons. The number of nitrogens with zero attached hydrogens (tertiary/aromatic N) is 15. The van der Waals surface area contributed by atoms with Crippen LogP contribution in [0.2, 0.25) is 0 Å². The van der Waals surface area contributed by atoms with Gasteiger partial charge >= 0.3 is 0 Å². The summed E-state index contributed by atoms with van der Waals surface area (Å²) >= 11 is 0. The van der Waals surface area contributed by atoms with Crippen molar-refractivity contribution in [2.45, 2.75) is 0 Å². The lowest BCUT2D eigenvalue weighted by atomic mass is 10.0. The first-order valence-electron chi connectivity index (χ1n) is 50.4. The van der Waals surface area contributed by atoms with Crippen LogP contribution in [-0.4, -0.2) is 72.3 Å². The number of hydrogen-bond acceptors (Lipinski definition) is 9. The Hall–Kier alpha value is -20.6. The van der Waals surface area contributed by atoms with Gasteiger partial charge in [0.05, 0.1) is 66.2 Å². The standard InChI is InChI=1S/3C45H29N5/c1-4-15-30(16-5-1)33-21-14-22-34(27-33)49-39-25-12-10-23-35(39)37-29-42-38(28-41(37)49)36-24-11-13-26-40(36)50(42)45-47-43(31-17-6-2-7-18-31)46-44(48-45)32-19-8-3-9-20-32;1-4-14-30(15-5-1)31-24-26-34(27-25-31)49-39-22-12-10-20-35(39)37-29-42-38(28-41(37)49)36-21-11-13-23-40(36)50(42)45-47-43(32-16-6-2-7-17-32)46-44(48-45)33-18-8-3-9-19-33;1-4-14-30(15-5-1)31-24-26-33(27-25-31)44-46-43(32-16-6-2-7-17-32)47-45(48-44)50-38-22-12-10-20-35(38)36-28-29-40-41(42(36)50)37-21-11-13-23-39(37)49(40)34-18-8-3-9-19-34/h3*1-29H. The maximum atomic E-state index is 5.26. The molecule has 0 spiro atoms. The minimum Gasteiger partial charge on any atom is -0.309 e. The third-order valence-electron chi connectivity index (χ3n) is 28.7. The van der Waals surface area contributed by atoms with Crippen LogP contribution in [0, 0.1) is 0 Å². The summed E-state index contributed by atoms with van der Waals surface area (Å²) in [4.78, 5) is 46.0. The van der Waals surface area contributed by atoms with Gasteiger partial charge in [0.25, 0.3) is 0 Å². The van der Waals surface area contributed by atoms with E-state index in [4.69, 9.17) is 44.9 Å². The summed E-state index contributed by atoms with van der Waals surface area (Å²) in [6.07, 6.45) is 0. The van der Waals surface area contributed by atoms with Crippen molar-refractivity contribution in [2.24, 2.45) is 0 Å². The van der Waals surface area contributed by atoms with Gasteiger partial charge < -0.3 is 13.7 Å². The Labute approximate surface area is 861 Å². The van der Waals surface area contributed by atoms with Gasteiger partial charge in [-0.1, -0.05) is 425 Å². The molecule has 150 heavy (non-hydrogen) atoms. The van der Waals surface area contributed by atoms with E-state index in [2.05, 4.69) is 410 Å². The molecule has 0 aliphatic rings. The fourth-order valence-electron chi connectivity index (χ4n) is 21.9. The molecule has 21 aromatic carbocycles. The van der Waals surface area contributed by atoms with Crippen LogP contribution in [0.5, 0.6) is 0 Å². The maximum absolute atomic E-state index is 5.26. The summed E-state index contributed by atoms with van der Waals surface area (Å²) in [6, 6.07) is 184. The normalized spacial score (nSPS) is 11.6. The van der Waals surface area contributed by atoms with Crippen LogP contribution in [0.25, 0.3) is 267 Å². The molecule has 15 nitrogen and oxygen atoms in total. The van der Waals surface area contributed by atoms with Gasteiger partial charge in [-0.3, -0.25) is 13.7 Å².